The summed E-state index contributed by atoms with van der Waals surface area (Å²) in [5.41, 5.74) is 4.26. The summed E-state index contributed by atoms with van der Waals surface area (Å²) in [5.74, 6) is 0.0683. The Kier molecular flexibility index (Phi) is 5.20. The van der Waals surface area contributed by atoms with Crippen LogP contribution in [-0.2, 0) is 4.79 Å². The number of nitrogens with one attached hydrogen (secondary N) is 2. The van der Waals surface area contributed by atoms with Gasteiger partial charge in [-0.1, -0.05) is 60.7 Å². The molecule has 0 saturated heterocycles. The molecule has 1 aliphatic carbocycles. The number of anilines is 2. The predicted molar refractivity (Wildman–Crippen MR) is 111 cm³/mol. The number of hydrogen-bond donors (Lipinski definition) is 2. The molecule has 0 heterocycles. The molecular weight excluding hydrogens is 332 g/mol. The van der Waals surface area contributed by atoms with Crippen molar-refractivity contribution in [3.63, 3.8) is 0 Å². The van der Waals surface area contributed by atoms with E-state index >= 15 is 0 Å². The van der Waals surface area contributed by atoms with Crippen LogP contribution in [0.5, 0.6) is 0 Å². The van der Waals surface area contributed by atoms with E-state index in [1.165, 1.54) is 12.8 Å². The van der Waals surface area contributed by atoms with Crippen molar-refractivity contribution in [2.45, 2.75) is 31.2 Å². The highest BCUT2D eigenvalue weighted by Crippen LogP contribution is 2.29. The van der Waals surface area contributed by atoms with Gasteiger partial charge in [0.15, 0.2) is 0 Å². The summed E-state index contributed by atoms with van der Waals surface area (Å²) in [6, 6.07) is 29.0. The van der Waals surface area contributed by atoms with E-state index < -0.39 is 0 Å². The summed E-state index contributed by atoms with van der Waals surface area (Å²) in [7, 11) is 0. The number of carbonyl (C=O) groups is 1. The Morgan fingerprint density at radius 3 is 1.81 bits per heavy atom. The minimum absolute atomic E-state index is 0.0237. The van der Waals surface area contributed by atoms with Crippen LogP contribution in [0.1, 0.15) is 36.3 Å². The van der Waals surface area contributed by atoms with Crippen LogP contribution < -0.4 is 10.6 Å². The summed E-state index contributed by atoms with van der Waals surface area (Å²) < 4.78 is 0. The molecule has 0 spiro atoms. The largest absolute Gasteiger partial charge is 0.382 e. The van der Waals surface area contributed by atoms with Crippen molar-refractivity contribution in [1.29, 1.82) is 0 Å². The zero-order chi connectivity index (χ0) is 18.5. The molecule has 0 aliphatic heterocycles. The van der Waals surface area contributed by atoms with E-state index in [1.807, 2.05) is 60.7 Å². The lowest BCUT2D eigenvalue weighted by atomic mass is 9.88. The van der Waals surface area contributed by atoms with E-state index in [4.69, 9.17) is 0 Å². The van der Waals surface area contributed by atoms with Crippen molar-refractivity contribution in [3.8, 4) is 0 Å². The van der Waals surface area contributed by atoms with Gasteiger partial charge in [0.05, 0.1) is 0 Å². The number of benzene rings is 3. The highest BCUT2D eigenvalue weighted by molar-refractivity contribution is 5.91. The average molecular weight is 356 g/mol. The Labute approximate surface area is 160 Å². The summed E-state index contributed by atoms with van der Waals surface area (Å²) in [4.78, 5) is 12.7. The van der Waals surface area contributed by atoms with Crippen LogP contribution in [0.3, 0.4) is 0 Å². The maximum Gasteiger partial charge on any atom is 0.225 e. The van der Waals surface area contributed by atoms with E-state index in [-0.39, 0.29) is 11.8 Å². The first-order chi connectivity index (χ1) is 13.3. The maximum atomic E-state index is 12.7. The minimum Gasteiger partial charge on any atom is -0.382 e. The fraction of sp³-hybridized carbons (Fsp3) is 0.208. The smallest absolute Gasteiger partial charge is 0.225 e. The fourth-order valence-electron chi connectivity index (χ4n) is 3.31. The van der Waals surface area contributed by atoms with Crippen LogP contribution in [-0.4, -0.2) is 11.9 Å². The molecule has 0 aromatic heterocycles. The van der Waals surface area contributed by atoms with E-state index in [1.54, 1.807) is 0 Å². The van der Waals surface area contributed by atoms with Gasteiger partial charge in [0.25, 0.3) is 0 Å². The van der Waals surface area contributed by atoms with Gasteiger partial charge in [-0.2, -0.15) is 0 Å². The molecule has 1 fully saturated rings. The molecule has 136 valence electrons. The molecule has 3 aromatic carbocycles. The van der Waals surface area contributed by atoms with Gasteiger partial charge < -0.3 is 10.6 Å². The second-order valence-corrected chi connectivity index (χ2v) is 7.12. The zero-order valence-electron chi connectivity index (χ0n) is 15.3. The molecule has 0 bridgehead atoms. The molecule has 27 heavy (non-hydrogen) atoms. The number of amides is 1. The van der Waals surface area contributed by atoms with E-state index in [9.17, 15) is 4.79 Å². The van der Waals surface area contributed by atoms with Crippen molar-refractivity contribution in [2.24, 2.45) is 0 Å². The third-order valence-corrected chi connectivity index (χ3v) is 4.91. The van der Waals surface area contributed by atoms with Crippen molar-refractivity contribution >= 4 is 17.3 Å². The first-order valence-electron chi connectivity index (χ1n) is 9.54. The Morgan fingerprint density at radius 1 is 0.778 bits per heavy atom. The molecule has 2 N–H and O–H groups in total. The molecule has 1 amide bonds. The van der Waals surface area contributed by atoms with E-state index in [0.29, 0.717) is 12.5 Å². The van der Waals surface area contributed by atoms with Crippen molar-refractivity contribution < 1.29 is 4.79 Å². The van der Waals surface area contributed by atoms with Gasteiger partial charge in [0.1, 0.15) is 0 Å². The summed E-state index contributed by atoms with van der Waals surface area (Å²) in [6.07, 6.45) is 2.91. The highest BCUT2D eigenvalue weighted by Gasteiger charge is 2.21. The van der Waals surface area contributed by atoms with E-state index in [2.05, 4.69) is 34.9 Å². The third kappa shape index (κ3) is 4.76. The first-order valence-corrected chi connectivity index (χ1v) is 9.54. The normalized spacial score (nSPS) is 13.4. The summed E-state index contributed by atoms with van der Waals surface area (Å²) in [6.45, 7) is 0. The average Bonchev–Trinajstić information content (AvgIpc) is 3.53. The molecule has 0 unspecified atom stereocenters. The van der Waals surface area contributed by atoms with Gasteiger partial charge in [-0.3, -0.25) is 4.79 Å². The molecule has 3 heteroatoms. The van der Waals surface area contributed by atoms with Crippen LogP contribution in [0.25, 0.3) is 0 Å². The van der Waals surface area contributed by atoms with Crippen LogP contribution in [0.2, 0.25) is 0 Å². The predicted octanol–water partition coefficient (Wildman–Crippen LogP) is 5.42. The molecule has 1 aliphatic rings. The lowest BCUT2D eigenvalue weighted by Crippen LogP contribution is -2.16. The molecule has 3 aromatic rings. The molecule has 3 nitrogen and oxygen atoms in total. The number of carbonyl (C=O) groups excluding carboxylic acids is 1. The van der Waals surface area contributed by atoms with Crippen LogP contribution >= 0.6 is 0 Å². The Bertz CT molecular complexity index is 832. The monoisotopic (exact) mass is 356 g/mol. The van der Waals surface area contributed by atoms with Gasteiger partial charge >= 0.3 is 0 Å². The third-order valence-electron chi connectivity index (χ3n) is 4.91. The summed E-state index contributed by atoms with van der Waals surface area (Å²) >= 11 is 0. The maximum absolute atomic E-state index is 12.7. The van der Waals surface area contributed by atoms with Crippen molar-refractivity contribution in [2.75, 3.05) is 10.6 Å². The molecule has 1 saturated carbocycles. The number of hydrogen-bond acceptors (Lipinski definition) is 2. The molecular formula is C24H24N2O. The quantitative estimate of drug-likeness (QED) is 0.593. The first kappa shape index (κ1) is 17.3. The van der Waals surface area contributed by atoms with Gasteiger partial charge in [-0.25, -0.2) is 0 Å². The standard InChI is InChI=1S/C24H24N2O/c27-24(26-22-15-13-21(14-16-22)25-20-11-12-20)17-23(18-7-3-1-4-8-18)19-9-5-2-6-10-19/h1-10,13-16,20,23,25H,11-12,17H2,(H,26,27). The van der Waals surface area contributed by atoms with Crippen molar-refractivity contribution in [3.05, 3.63) is 96.1 Å². The summed E-state index contributed by atoms with van der Waals surface area (Å²) in [5, 5.41) is 6.50. The van der Waals surface area contributed by atoms with Gasteiger partial charge in [0, 0.05) is 29.8 Å². The Morgan fingerprint density at radius 2 is 1.30 bits per heavy atom. The Hall–Kier alpha value is -3.07. The van der Waals surface area contributed by atoms with Gasteiger partial charge in [-0.15, -0.1) is 0 Å². The van der Waals surface area contributed by atoms with Gasteiger partial charge in [0.2, 0.25) is 5.91 Å². The minimum atomic E-state index is 0.0237. The lowest BCUT2D eigenvalue weighted by Gasteiger charge is -2.18. The SMILES string of the molecule is O=C(CC(c1ccccc1)c1ccccc1)Nc1ccc(NC2CC2)cc1. The number of rotatable bonds is 7. The van der Waals surface area contributed by atoms with E-state index in [0.717, 1.165) is 22.5 Å². The van der Waals surface area contributed by atoms with Crippen molar-refractivity contribution in [1.82, 2.24) is 0 Å². The molecule has 0 radical (unpaired) electrons. The second-order valence-electron chi connectivity index (χ2n) is 7.12. The van der Waals surface area contributed by atoms with Crippen LogP contribution in [0.15, 0.2) is 84.9 Å². The zero-order valence-corrected chi connectivity index (χ0v) is 15.3. The van der Waals surface area contributed by atoms with Crippen LogP contribution in [0, 0.1) is 0 Å². The van der Waals surface area contributed by atoms with Crippen LogP contribution in [0.4, 0.5) is 11.4 Å². The lowest BCUT2D eigenvalue weighted by molar-refractivity contribution is -0.116. The highest BCUT2D eigenvalue weighted by atomic mass is 16.1. The fourth-order valence-corrected chi connectivity index (χ4v) is 3.31. The second kappa shape index (κ2) is 8.09. The molecule has 4 rings (SSSR count). The molecule has 0 atom stereocenters. The van der Waals surface area contributed by atoms with Gasteiger partial charge in [-0.05, 0) is 48.2 Å². The Balaban J connectivity index is 1.45. The topological polar surface area (TPSA) is 41.1 Å².